The van der Waals surface area contributed by atoms with Crippen molar-refractivity contribution in [2.24, 2.45) is 0 Å². The fourth-order valence-electron chi connectivity index (χ4n) is 5.05. The highest BCUT2D eigenvalue weighted by Gasteiger charge is 2.27. The lowest BCUT2D eigenvalue weighted by Crippen LogP contribution is -2.37. The molecule has 0 rings (SSSR count). The second-order valence-corrected chi connectivity index (χ2v) is 16.5. The van der Waals surface area contributed by atoms with Crippen LogP contribution in [-0.2, 0) is 32.7 Å². The molecule has 0 bridgehead atoms. The molecule has 1 unspecified atom stereocenters. The number of hydrogen-bond donors (Lipinski definition) is 1. The van der Waals surface area contributed by atoms with Gasteiger partial charge in [-0.15, -0.1) is 0 Å². The number of allylic oxidation sites excluding steroid dienone is 18. The minimum atomic E-state index is -4.40. The lowest BCUT2D eigenvalue weighted by Gasteiger charge is -2.24. The number of quaternary nitrogens is 1. The van der Waals surface area contributed by atoms with Crippen LogP contribution in [0.5, 0.6) is 0 Å². The average molecular weight is 829 g/mol. The first-order valence-corrected chi connectivity index (χ1v) is 23.2. The molecule has 0 radical (unpaired) electrons. The molecule has 2 atom stereocenters. The summed E-state index contributed by atoms with van der Waals surface area (Å²) in [5.74, 6) is -0.878. The van der Waals surface area contributed by atoms with Gasteiger partial charge in [-0.2, -0.15) is 0 Å². The normalized spacial score (nSPS) is 14.7. The van der Waals surface area contributed by atoms with Crippen molar-refractivity contribution < 1.29 is 42.1 Å². The lowest BCUT2D eigenvalue weighted by molar-refractivity contribution is -0.870. The quantitative estimate of drug-likeness (QED) is 0.0165. The zero-order valence-corrected chi connectivity index (χ0v) is 37.6. The van der Waals surface area contributed by atoms with Crippen LogP contribution in [0.1, 0.15) is 129 Å². The molecule has 0 aromatic heterocycles. The van der Waals surface area contributed by atoms with E-state index in [0.717, 1.165) is 89.9 Å². The van der Waals surface area contributed by atoms with Gasteiger partial charge in [0.15, 0.2) is 6.10 Å². The van der Waals surface area contributed by atoms with Crippen LogP contribution in [0, 0.1) is 0 Å². The Morgan fingerprint density at radius 1 is 0.552 bits per heavy atom. The smallest absolute Gasteiger partial charge is 0.462 e. The first-order valence-electron chi connectivity index (χ1n) is 21.7. The van der Waals surface area contributed by atoms with E-state index in [1.54, 1.807) is 0 Å². The Kier molecular flexibility index (Phi) is 36.9. The van der Waals surface area contributed by atoms with Crippen molar-refractivity contribution in [2.45, 2.75) is 136 Å². The van der Waals surface area contributed by atoms with Crippen LogP contribution in [0.3, 0.4) is 0 Å². The van der Waals surface area contributed by atoms with Gasteiger partial charge >= 0.3 is 19.8 Å². The van der Waals surface area contributed by atoms with Gasteiger partial charge in [0.2, 0.25) is 0 Å². The standard InChI is InChI=1S/C48H78NO8P/c1-6-8-10-12-14-16-18-20-22-23-24-25-27-28-30-32-34-36-38-40-47(50)54-44-46(45-56-58(52,53)55-43-42-49(3,4)5)57-48(51)41-39-37-35-33-31-29-26-21-19-17-15-13-11-9-7-2/h8-11,13-17,19-22,24-26,28,30,46H,6-7,12,18,23,27,29,31-45H2,1-5H3/p+1/b10-8+,11-9+,15-13+,16-14+,19-17+,22-20+,25-24+,26-21+,30-28+/t46-/m1/s1. The van der Waals surface area contributed by atoms with Gasteiger partial charge in [-0.25, -0.2) is 4.57 Å². The molecule has 0 fully saturated rings. The molecule has 9 nitrogen and oxygen atoms in total. The fraction of sp³-hybridized carbons (Fsp3) is 0.583. The maximum absolute atomic E-state index is 12.7. The summed E-state index contributed by atoms with van der Waals surface area (Å²) in [5.41, 5.74) is 0. The minimum absolute atomic E-state index is 0.0138. The maximum Gasteiger partial charge on any atom is 0.472 e. The number of phosphoric ester groups is 1. The SMILES string of the molecule is CC/C=C/C=C/C=C/C=C/CCCCCCCC(=O)O[C@H](COC(=O)CCCCC/C=C/C/C=C/C/C=C/C/C=C/C/C=C/CC)COP(=O)(O)OCC[N+](C)(C)C. The van der Waals surface area contributed by atoms with Crippen molar-refractivity contribution in [1.82, 2.24) is 0 Å². The highest BCUT2D eigenvalue weighted by Crippen LogP contribution is 2.43. The van der Waals surface area contributed by atoms with Crippen molar-refractivity contribution in [3.8, 4) is 0 Å². The molecule has 0 saturated carbocycles. The molecule has 0 aromatic carbocycles. The van der Waals surface area contributed by atoms with Crippen LogP contribution in [-0.4, -0.2) is 74.9 Å². The Hall–Kier alpha value is -3.33. The van der Waals surface area contributed by atoms with Crippen LogP contribution >= 0.6 is 7.82 Å². The Labute approximate surface area is 353 Å². The first-order chi connectivity index (χ1) is 28.0. The fourth-order valence-corrected chi connectivity index (χ4v) is 5.79. The molecule has 0 aromatic rings. The molecule has 0 saturated heterocycles. The van der Waals surface area contributed by atoms with E-state index in [4.69, 9.17) is 18.5 Å². The lowest BCUT2D eigenvalue weighted by atomic mass is 10.1. The zero-order chi connectivity index (χ0) is 42.8. The van der Waals surface area contributed by atoms with E-state index in [1.807, 2.05) is 51.5 Å². The first kappa shape index (κ1) is 54.7. The molecule has 58 heavy (non-hydrogen) atoms. The largest absolute Gasteiger partial charge is 0.472 e. The van der Waals surface area contributed by atoms with Gasteiger partial charge < -0.3 is 18.9 Å². The highest BCUT2D eigenvalue weighted by molar-refractivity contribution is 7.47. The van der Waals surface area contributed by atoms with E-state index in [1.165, 1.54) is 0 Å². The number of rotatable bonds is 37. The Morgan fingerprint density at radius 2 is 1.02 bits per heavy atom. The van der Waals surface area contributed by atoms with Gasteiger partial charge in [-0.3, -0.25) is 18.6 Å². The van der Waals surface area contributed by atoms with Crippen molar-refractivity contribution in [2.75, 3.05) is 47.5 Å². The van der Waals surface area contributed by atoms with Crippen LogP contribution in [0.15, 0.2) is 109 Å². The van der Waals surface area contributed by atoms with E-state index < -0.39 is 32.5 Å². The summed E-state index contributed by atoms with van der Waals surface area (Å²) >= 11 is 0. The molecular weight excluding hydrogens is 750 g/mol. The topological polar surface area (TPSA) is 108 Å². The predicted molar refractivity (Wildman–Crippen MR) is 242 cm³/mol. The summed E-state index contributed by atoms with van der Waals surface area (Å²) < 4.78 is 34.2. The number of ether oxygens (including phenoxy) is 2. The predicted octanol–water partition coefficient (Wildman–Crippen LogP) is 12.3. The summed E-state index contributed by atoms with van der Waals surface area (Å²) in [7, 11) is 1.42. The molecule has 0 aliphatic heterocycles. The summed E-state index contributed by atoms with van der Waals surface area (Å²) in [6.45, 7) is 4.06. The monoisotopic (exact) mass is 829 g/mol. The highest BCUT2D eigenvalue weighted by atomic mass is 31.2. The number of esters is 2. The number of nitrogens with zero attached hydrogens (tertiary/aromatic N) is 1. The average Bonchev–Trinajstić information content (AvgIpc) is 3.17. The van der Waals surface area contributed by atoms with Crippen LogP contribution in [0.4, 0.5) is 0 Å². The molecule has 1 N–H and O–H groups in total. The number of hydrogen-bond acceptors (Lipinski definition) is 7. The third kappa shape index (κ3) is 42.3. The number of carbonyl (C=O) groups excluding carboxylic acids is 2. The maximum atomic E-state index is 12.7. The van der Waals surface area contributed by atoms with E-state index in [0.29, 0.717) is 23.9 Å². The van der Waals surface area contributed by atoms with E-state index in [-0.39, 0.29) is 26.1 Å². The molecule has 0 aliphatic carbocycles. The second kappa shape index (κ2) is 39.1. The van der Waals surface area contributed by atoms with Gasteiger partial charge in [0.05, 0.1) is 27.7 Å². The van der Waals surface area contributed by atoms with Crippen molar-refractivity contribution in [3.05, 3.63) is 109 Å². The third-order valence-electron chi connectivity index (χ3n) is 8.39. The summed E-state index contributed by atoms with van der Waals surface area (Å²) in [4.78, 5) is 35.4. The second-order valence-electron chi connectivity index (χ2n) is 15.1. The third-order valence-corrected chi connectivity index (χ3v) is 9.38. The van der Waals surface area contributed by atoms with Crippen molar-refractivity contribution in [1.29, 1.82) is 0 Å². The van der Waals surface area contributed by atoms with Gasteiger partial charge in [-0.1, -0.05) is 149 Å². The number of likely N-dealkylation sites (N-methyl/N-ethyl adjacent to an activating group) is 1. The molecule has 0 spiro atoms. The van der Waals surface area contributed by atoms with Gasteiger partial charge in [0, 0.05) is 12.8 Å². The molecule has 328 valence electrons. The van der Waals surface area contributed by atoms with Crippen LogP contribution < -0.4 is 0 Å². The Morgan fingerprint density at radius 3 is 1.60 bits per heavy atom. The molecule has 0 heterocycles. The van der Waals surface area contributed by atoms with E-state index >= 15 is 0 Å². The summed E-state index contributed by atoms with van der Waals surface area (Å²) in [6, 6.07) is 0. The summed E-state index contributed by atoms with van der Waals surface area (Å²) in [6.07, 6.45) is 52.8. The number of unbranched alkanes of at least 4 members (excludes halogenated alkanes) is 8. The van der Waals surface area contributed by atoms with Crippen molar-refractivity contribution in [3.63, 3.8) is 0 Å². The van der Waals surface area contributed by atoms with Crippen molar-refractivity contribution >= 4 is 19.8 Å². The molecule has 0 amide bonds. The number of phosphoric acid groups is 1. The zero-order valence-electron chi connectivity index (χ0n) is 36.7. The Balaban J connectivity index is 4.49. The summed E-state index contributed by atoms with van der Waals surface area (Å²) in [5, 5.41) is 0. The number of carbonyl (C=O) groups is 2. The van der Waals surface area contributed by atoms with Gasteiger partial charge in [0.25, 0.3) is 0 Å². The molecule has 0 aliphatic rings. The van der Waals surface area contributed by atoms with Crippen LogP contribution in [0.2, 0.25) is 0 Å². The van der Waals surface area contributed by atoms with Gasteiger partial charge in [-0.05, 0) is 77.0 Å². The molecular formula is C48H79NO8P+. The Bertz CT molecular complexity index is 1350. The van der Waals surface area contributed by atoms with Gasteiger partial charge in [0.1, 0.15) is 19.8 Å². The molecule has 10 heteroatoms. The van der Waals surface area contributed by atoms with E-state index in [9.17, 15) is 19.0 Å². The van der Waals surface area contributed by atoms with Crippen LogP contribution in [0.25, 0.3) is 0 Å². The van der Waals surface area contributed by atoms with E-state index in [2.05, 4.69) is 92.8 Å². The minimum Gasteiger partial charge on any atom is -0.462 e.